The Kier molecular flexibility index (Phi) is 12.3. The van der Waals surface area contributed by atoms with Crippen molar-refractivity contribution in [2.75, 3.05) is 6.54 Å². The molecule has 0 heterocycles. The van der Waals surface area contributed by atoms with Crippen LogP contribution in [0.5, 0.6) is 0 Å². The lowest BCUT2D eigenvalue weighted by molar-refractivity contribution is -0.141. The van der Waals surface area contributed by atoms with Crippen LogP contribution in [0.25, 0.3) is 0 Å². The Balaban J connectivity index is 4.15. The highest BCUT2D eigenvalue weighted by atomic mass is 19.4. The van der Waals surface area contributed by atoms with Crippen LogP contribution in [0.3, 0.4) is 0 Å². The summed E-state index contributed by atoms with van der Waals surface area (Å²) in [5.41, 5.74) is 0. The normalized spacial score (nSPS) is 13.1. The molecule has 0 aliphatic carbocycles. The second-order valence-corrected chi connectivity index (χ2v) is 6.08. The zero-order chi connectivity index (χ0) is 16.8. The molecule has 1 amide bonds. The number of amides is 1. The fraction of sp³-hybridized carbons (Fsp3) is 0.941. The highest BCUT2D eigenvalue weighted by Crippen LogP contribution is 2.20. The molecule has 0 aromatic carbocycles. The second-order valence-electron chi connectivity index (χ2n) is 6.08. The average Bonchev–Trinajstić information content (AvgIpc) is 2.46. The molecule has 5 heteroatoms. The first-order valence-corrected chi connectivity index (χ1v) is 8.75. The maximum absolute atomic E-state index is 12.2. The SMILES string of the molecule is CCCCCCCC(CCCCCC)C(=O)NCC(F)(F)F. The summed E-state index contributed by atoms with van der Waals surface area (Å²) in [6, 6.07) is 0. The minimum atomic E-state index is -4.33. The summed E-state index contributed by atoms with van der Waals surface area (Å²) in [5, 5.41) is 2.05. The highest BCUT2D eigenvalue weighted by molar-refractivity contribution is 5.78. The van der Waals surface area contributed by atoms with Crippen LogP contribution in [-0.4, -0.2) is 18.6 Å². The molecule has 0 radical (unpaired) electrons. The van der Waals surface area contributed by atoms with Gasteiger partial charge in [-0.25, -0.2) is 0 Å². The van der Waals surface area contributed by atoms with E-state index in [-0.39, 0.29) is 5.92 Å². The molecule has 22 heavy (non-hydrogen) atoms. The van der Waals surface area contributed by atoms with Crippen molar-refractivity contribution >= 4 is 5.91 Å². The van der Waals surface area contributed by atoms with Gasteiger partial charge >= 0.3 is 6.18 Å². The first-order valence-electron chi connectivity index (χ1n) is 8.75. The van der Waals surface area contributed by atoms with E-state index in [9.17, 15) is 18.0 Å². The van der Waals surface area contributed by atoms with Gasteiger partial charge in [0, 0.05) is 5.92 Å². The number of halogens is 3. The van der Waals surface area contributed by atoms with Crippen molar-refractivity contribution in [2.24, 2.45) is 5.92 Å². The zero-order valence-corrected chi connectivity index (χ0v) is 14.1. The van der Waals surface area contributed by atoms with E-state index in [1.807, 2.05) is 0 Å². The molecule has 1 atom stereocenters. The van der Waals surface area contributed by atoms with Crippen molar-refractivity contribution in [3.8, 4) is 0 Å². The van der Waals surface area contributed by atoms with Gasteiger partial charge in [0.05, 0.1) is 0 Å². The van der Waals surface area contributed by atoms with E-state index in [0.717, 1.165) is 51.4 Å². The summed E-state index contributed by atoms with van der Waals surface area (Å²) >= 11 is 0. The molecule has 0 rings (SSSR count). The zero-order valence-electron chi connectivity index (χ0n) is 14.1. The number of carbonyl (C=O) groups excluding carboxylic acids is 1. The lowest BCUT2D eigenvalue weighted by Gasteiger charge is -2.17. The molecule has 0 bridgehead atoms. The molecular formula is C17H32F3NO. The van der Waals surface area contributed by atoms with Crippen LogP contribution < -0.4 is 5.32 Å². The quantitative estimate of drug-likeness (QED) is 0.438. The molecule has 1 unspecified atom stereocenters. The molecule has 0 fully saturated rings. The predicted octanol–water partition coefficient (Wildman–Crippen LogP) is 5.61. The van der Waals surface area contributed by atoms with E-state index >= 15 is 0 Å². The Labute approximate surface area is 133 Å². The molecule has 0 aliphatic heterocycles. The van der Waals surface area contributed by atoms with Crippen molar-refractivity contribution in [1.29, 1.82) is 0 Å². The number of hydrogen-bond donors (Lipinski definition) is 1. The third-order valence-electron chi connectivity index (χ3n) is 3.90. The van der Waals surface area contributed by atoms with Gasteiger partial charge in [-0.15, -0.1) is 0 Å². The van der Waals surface area contributed by atoms with Gasteiger partial charge in [-0.05, 0) is 12.8 Å². The Hall–Kier alpha value is -0.740. The summed E-state index contributed by atoms with van der Waals surface area (Å²) in [7, 11) is 0. The molecule has 132 valence electrons. The number of nitrogens with one attached hydrogen (secondary N) is 1. The molecule has 1 N–H and O–H groups in total. The first kappa shape index (κ1) is 21.3. The van der Waals surface area contributed by atoms with Gasteiger partial charge in [-0.1, -0.05) is 71.6 Å². The largest absolute Gasteiger partial charge is 0.405 e. The fourth-order valence-corrected chi connectivity index (χ4v) is 2.55. The molecule has 0 saturated carbocycles. The van der Waals surface area contributed by atoms with Gasteiger partial charge in [-0.3, -0.25) is 4.79 Å². The van der Waals surface area contributed by atoms with Crippen LogP contribution in [0.2, 0.25) is 0 Å². The maximum Gasteiger partial charge on any atom is 0.405 e. The first-order chi connectivity index (χ1) is 10.4. The topological polar surface area (TPSA) is 29.1 Å². The Morgan fingerprint density at radius 2 is 1.32 bits per heavy atom. The van der Waals surface area contributed by atoms with E-state index in [2.05, 4.69) is 19.2 Å². The van der Waals surface area contributed by atoms with E-state index in [1.165, 1.54) is 6.42 Å². The van der Waals surface area contributed by atoms with Crippen molar-refractivity contribution in [2.45, 2.75) is 90.7 Å². The maximum atomic E-state index is 12.2. The van der Waals surface area contributed by atoms with Gasteiger partial charge < -0.3 is 5.32 Å². The van der Waals surface area contributed by atoms with Gasteiger partial charge in [-0.2, -0.15) is 13.2 Å². The lowest BCUT2D eigenvalue weighted by atomic mass is 9.93. The van der Waals surface area contributed by atoms with Crippen LogP contribution in [0.15, 0.2) is 0 Å². The summed E-state index contributed by atoms with van der Waals surface area (Å²) in [4.78, 5) is 12.0. The Morgan fingerprint density at radius 1 is 0.864 bits per heavy atom. The fourth-order valence-electron chi connectivity index (χ4n) is 2.55. The van der Waals surface area contributed by atoms with Crippen LogP contribution in [-0.2, 0) is 4.79 Å². The van der Waals surface area contributed by atoms with Crippen LogP contribution in [0.1, 0.15) is 84.5 Å². The van der Waals surface area contributed by atoms with Gasteiger partial charge in [0.2, 0.25) is 5.91 Å². The average molecular weight is 323 g/mol. The minimum absolute atomic E-state index is 0.263. The van der Waals surface area contributed by atoms with Crippen molar-refractivity contribution < 1.29 is 18.0 Å². The predicted molar refractivity (Wildman–Crippen MR) is 84.7 cm³/mol. The molecule has 0 aromatic heterocycles. The van der Waals surface area contributed by atoms with Crippen LogP contribution >= 0.6 is 0 Å². The van der Waals surface area contributed by atoms with Gasteiger partial charge in [0.25, 0.3) is 0 Å². The van der Waals surface area contributed by atoms with Crippen molar-refractivity contribution in [3.63, 3.8) is 0 Å². The third kappa shape index (κ3) is 13.0. The van der Waals surface area contributed by atoms with Crippen molar-refractivity contribution in [3.05, 3.63) is 0 Å². The molecule has 2 nitrogen and oxygen atoms in total. The van der Waals surface area contributed by atoms with Gasteiger partial charge in [0.15, 0.2) is 0 Å². The smallest absolute Gasteiger partial charge is 0.347 e. The van der Waals surface area contributed by atoms with E-state index in [0.29, 0.717) is 12.8 Å². The number of hydrogen-bond acceptors (Lipinski definition) is 1. The summed E-state index contributed by atoms with van der Waals surface area (Å²) < 4.78 is 36.6. The number of unbranched alkanes of at least 4 members (excludes halogenated alkanes) is 7. The number of rotatable bonds is 13. The van der Waals surface area contributed by atoms with Crippen molar-refractivity contribution in [1.82, 2.24) is 5.32 Å². The van der Waals surface area contributed by atoms with E-state index in [1.54, 1.807) is 0 Å². The monoisotopic (exact) mass is 323 g/mol. The molecule has 0 aliphatic rings. The van der Waals surface area contributed by atoms with Crippen LogP contribution in [0.4, 0.5) is 13.2 Å². The summed E-state index contributed by atoms with van der Waals surface area (Å²) in [6.07, 6.45) is 6.76. The summed E-state index contributed by atoms with van der Waals surface area (Å²) in [5.74, 6) is -0.690. The van der Waals surface area contributed by atoms with Gasteiger partial charge in [0.1, 0.15) is 6.54 Å². The Bertz CT molecular complexity index is 280. The van der Waals surface area contributed by atoms with Crippen LogP contribution in [0, 0.1) is 5.92 Å². The van der Waals surface area contributed by atoms with E-state index in [4.69, 9.17) is 0 Å². The molecule has 0 aromatic rings. The standard InChI is InChI=1S/C17H32F3NO/c1-3-5-7-9-11-13-15(12-10-8-6-4-2)16(22)21-14-17(18,19)20/h15H,3-14H2,1-2H3,(H,21,22). The Morgan fingerprint density at radius 3 is 1.77 bits per heavy atom. The molecule has 0 spiro atoms. The summed E-state index contributed by atoms with van der Waals surface area (Å²) in [6.45, 7) is 3.04. The number of alkyl halides is 3. The third-order valence-corrected chi connectivity index (χ3v) is 3.90. The van der Waals surface area contributed by atoms with E-state index < -0.39 is 18.6 Å². The lowest BCUT2D eigenvalue weighted by Crippen LogP contribution is -2.37. The minimum Gasteiger partial charge on any atom is -0.347 e. The molecule has 0 saturated heterocycles. The molecular weight excluding hydrogens is 291 g/mol. The number of carbonyl (C=O) groups is 1. The second kappa shape index (κ2) is 12.8. The highest BCUT2D eigenvalue weighted by Gasteiger charge is 2.29.